The predicted molar refractivity (Wildman–Crippen MR) is 94.6 cm³/mol. The highest BCUT2D eigenvalue weighted by molar-refractivity contribution is 5.41. The zero-order valence-electron chi connectivity index (χ0n) is 14.5. The van der Waals surface area contributed by atoms with Gasteiger partial charge < -0.3 is 10.2 Å². The largest absolute Gasteiger partial charge is 0.367 e. The van der Waals surface area contributed by atoms with Crippen LogP contribution >= 0.6 is 0 Å². The highest BCUT2D eigenvalue weighted by Gasteiger charge is 2.20. The Balaban J connectivity index is 1.53. The number of benzene rings is 1. The Kier molecular flexibility index (Phi) is 5.43. The van der Waals surface area contributed by atoms with Gasteiger partial charge in [-0.3, -0.25) is 4.90 Å². The molecule has 0 aliphatic carbocycles. The molecule has 1 N–H and O–H groups in total. The maximum Gasteiger partial charge on any atom is 0.226 e. The van der Waals surface area contributed by atoms with Crippen molar-refractivity contribution in [2.45, 2.75) is 25.4 Å². The van der Waals surface area contributed by atoms with Gasteiger partial charge in [0.1, 0.15) is 17.5 Å². The Morgan fingerprint density at radius 1 is 1.20 bits per heavy atom. The molecule has 1 aromatic heterocycles. The van der Waals surface area contributed by atoms with E-state index in [-0.39, 0.29) is 5.82 Å². The minimum Gasteiger partial charge on any atom is -0.367 e. The lowest BCUT2D eigenvalue weighted by atomic mass is 10.0. The molecule has 1 aromatic carbocycles. The second-order valence-corrected chi connectivity index (χ2v) is 6.57. The topological polar surface area (TPSA) is 44.3 Å². The van der Waals surface area contributed by atoms with Gasteiger partial charge in [-0.2, -0.15) is 4.98 Å². The first-order valence-electron chi connectivity index (χ1n) is 8.44. The summed E-state index contributed by atoms with van der Waals surface area (Å²) in [6, 6.07) is 5.80. The summed E-state index contributed by atoms with van der Waals surface area (Å²) in [7, 11) is 3.81. The molecule has 25 heavy (non-hydrogen) atoms. The number of likely N-dealkylation sites (tertiary alicyclic amines) is 1. The van der Waals surface area contributed by atoms with Gasteiger partial charge in [0.2, 0.25) is 5.95 Å². The van der Waals surface area contributed by atoms with Gasteiger partial charge in [0.05, 0.1) is 0 Å². The summed E-state index contributed by atoms with van der Waals surface area (Å²) in [5.74, 6) is 0.740. The highest BCUT2D eigenvalue weighted by Crippen LogP contribution is 2.19. The lowest BCUT2D eigenvalue weighted by Gasteiger charge is -2.32. The van der Waals surface area contributed by atoms with Crippen molar-refractivity contribution in [3.8, 4) is 0 Å². The second kappa shape index (κ2) is 7.74. The first-order valence-corrected chi connectivity index (χ1v) is 8.44. The molecule has 0 unspecified atom stereocenters. The normalized spacial score (nSPS) is 16.0. The van der Waals surface area contributed by atoms with E-state index in [2.05, 4.69) is 20.2 Å². The van der Waals surface area contributed by atoms with Crippen LogP contribution in [0.15, 0.2) is 30.5 Å². The van der Waals surface area contributed by atoms with Crippen LogP contribution in [0, 0.1) is 11.6 Å². The molecule has 0 atom stereocenters. The number of aromatic nitrogens is 2. The zero-order chi connectivity index (χ0) is 17.8. The summed E-state index contributed by atoms with van der Waals surface area (Å²) < 4.78 is 27.1. The molecule has 2 heterocycles. The standard InChI is InChI=1S/C18H23F2N5/c1-24(2)18-21-8-5-17(23-18)22-15-6-9-25(10-7-15)12-13-11-14(19)3-4-16(13)20/h3-5,8,11,15H,6-7,9-10,12H2,1-2H3,(H,21,22,23). The third-order valence-corrected chi connectivity index (χ3v) is 4.38. The smallest absolute Gasteiger partial charge is 0.226 e. The third kappa shape index (κ3) is 4.63. The van der Waals surface area contributed by atoms with Crippen molar-refractivity contribution in [1.29, 1.82) is 0 Å². The fourth-order valence-corrected chi connectivity index (χ4v) is 2.99. The molecule has 1 aliphatic rings. The van der Waals surface area contributed by atoms with E-state index >= 15 is 0 Å². The van der Waals surface area contributed by atoms with Crippen molar-refractivity contribution in [1.82, 2.24) is 14.9 Å². The number of piperidine rings is 1. The molecule has 1 saturated heterocycles. The molecule has 134 valence electrons. The van der Waals surface area contributed by atoms with Crippen molar-refractivity contribution in [3.05, 3.63) is 47.7 Å². The van der Waals surface area contributed by atoms with Gasteiger partial charge in [-0.15, -0.1) is 0 Å². The minimum atomic E-state index is -0.395. The fraction of sp³-hybridized carbons (Fsp3) is 0.444. The SMILES string of the molecule is CN(C)c1nccc(NC2CCN(Cc3cc(F)ccc3F)CC2)n1. The number of anilines is 2. The van der Waals surface area contributed by atoms with E-state index in [1.165, 1.54) is 12.1 Å². The number of nitrogens with one attached hydrogen (secondary N) is 1. The summed E-state index contributed by atoms with van der Waals surface area (Å²) >= 11 is 0. The maximum atomic E-state index is 13.8. The van der Waals surface area contributed by atoms with E-state index in [9.17, 15) is 8.78 Å². The van der Waals surface area contributed by atoms with Crippen LogP contribution in [0.5, 0.6) is 0 Å². The van der Waals surface area contributed by atoms with Crippen LogP contribution < -0.4 is 10.2 Å². The summed E-state index contributed by atoms with van der Waals surface area (Å²) in [6.45, 7) is 2.10. The molecular formula is C18H23F2N5. The van der Waals surface area contributed by atoms with Crippen LogP contribution in [0.2, 0.25) is 0 Å². The van der Waals surface area contributed by atoms with Crippen LogP contribution in [-0.2, 0) is 6.54 Å². The quantitative estimate of drug-likeness (QED) is 0.901. The van der Waals surface area contributed by atoms with Gasteiger partial charge >= 0.3 is 0 Å². The summed E-state index contributed by atoms with van der Waals surface area (Å²) in [4.78, 5) is 12.7. The van der Waals surface area contributed by atoms with Crippen LogP contribution in [0.1, 0.15) is 18.4 Å². The van der Waals surface area contributed by atoms with Gasteiger partial charge in [0.25, 0.3) is 0 Å². The lowest BCUT2D eigenvalue weighted by Crippen LogP contribution is -2.39. The number of nitrogens with zero attached hydrogens (tertiary/aromatic N) is 4. The molecule has 5 nitrogen and oxygen atoms in total. The Hall–Kier alpha value is -2.28. The van der Waals surface area contributed by atoms with Crippen molar-refractivity contribution in [2.24, 2.45) is 0 Å². The van der Waals surface area contributed by atoms with E-state index in [0.29, 0.717) is 24.1 Å². The van der Waals surface area contributed by atoms with E-state index in [1.807, 2.05) is 25.1 Å². The Morgan fingerprint density at radius 2 is 1.96 bits per heavy atom. The summed E-state index contributed by atoms with van der Waals surface area (Å²) in [5.41, 5.74) is 0.415. The van der Waals surface area contributed by atoms with Gasteiger partial charge in [-0.1, -0.05) is 0 Å². The lowest BCUT2D eigenvalue weighted by molar-refractivity contribution is 0.208. The molecule has 0 radical (unpaired) electrons. The first-order chi connectivity index (χ1) is 12.0. The summed E-state index contributed by atoms with van der Waals surface area (Å²) in [6.07, 6.45) is 3.60. The number of rotatable bonds is 5. The van der Waals surface area contributed by atoms with Crippen molar-refractivity contribution in [2.75, 3.05) is 37.4 Å². The Labute approximate surface area is 146 Å². The second-order valence-electron chi connectivity index (χ2n) is 6.57. The molecule has 2 aromatic rings. The molecule has 0 bridgehead atoms. The van der Waals surface area contributed by atoms with E-state index < -0.39 is 5.82 Å². The minimum absolute atomic E-state index is 0.318. The third-order valence-electron chi connectivity index (χ3n) is 4.38. The van der Waals surface area contributed by atoms with Gasteiger partial charge in [0.15, 0.2) is 0 Å². The molecule has 3 rings (SSSR count). The van der Waals surface area contributed by atoms with Crippen molar-refractivity contribution >= 4 is 11.8 Å². The number of halogens is 2. The molecule has 0 spiro atoms. The molecular weight excluding hydrogens is 324 g/mol. The monoisotopic (exact) mass is 347 g/mol. The van der Waals surface area contributed by atoms with E-state index in [4.69, 9.17) is 0 Å². The first kappa shape index (κ1) is 17.5. The Bertz CT molecular complexity index is 714. The van der Waals surface area contributed by atoms with Crippen LogP contribution in [0.4, 0.5) is 20.5 Å². The van der Waals surface area contributed by atoms with Crippen molar-refractivity contribution < 1.29 is 8.78 Å². The van der Waals surface area contributed by atoms with Crippen LogP contribution in [0.3, 0.4) is 0 Å². The van der Waals surface area contributed by atoms with Gasteiger partial charge in [-0.25, -0.2) is 13.8 Å². The number of hydrogen-bond donors (Lipinski definition) is 1. The van der Waals surface area contributed by atoms with Crippen molar-refractivity contribution in [3.63, 3.8) is 0 Å². The molecule has 1 fully saturated rings. The zero-order valence-corrected chi connectivity index (χ0v) is 14.5. The maximum absolute atomic E-state index is 13.8. The van der Waals surface area contributed by atoms with Crippen LogP contribution in [0.25, 0.3) is 0 Å². The number of hydrogen-bond acceptors (Lipinski definition) is 5. The van der Waals surface area contributed by atoms with Gasteiger partial charge in [-0.05, 0) is 37.1 Å². The average Bonchev–Trinajstić information content (AvgIpc) is 2.60. The highest BCUT2D eigenvalue weighted by atomic mass is 19.1. The average molecular weight is 347 g/mol. The molecule has 0 saturated carbocycles. The van der Waals surface area contributed by atoms with Crippen LogP contribution in [-0.4, -0.2) is 48.1 Å². The molecule has 0 amide bonds. The Morgan fingerprint density at radius 3 is 2.68 bits per heavy atom. The predicted octanol–water partition coefficient (Wildman–Crippen LogP) is 2.90. The van der Waals surface area contributed by atoms with E-state index in [1.54, 1.807) is 6.20 Å². The fourth-order valence-electron chi connectivity index (χ4n) is 2.99. The molecule has 1 aliphatic heterocycles. The van der Waals surface area contributed by atoms with E-state index in [0.717, 1.165) is 37.8 Å². The summed E-state index contributed by atoms with van der Waals surface area (Å²) in [5, 5.41) is 3.44. The molecule has 7 heteroatoms. The van der Waals surface area contributed by atoms with Gasteiger partial charge in [0, 0.05) is 51.5 Å².